The third-order valence-corrected chi connectivity index (χ3v) is 4.85. The van der Waals surface area contributed by atoms with Gasteiger partial charge in [-0.1, -0.05) is 30.3 Å². The SMILES string of the molecule is CN1CCN(c2nc(-c3ccc([N+](=O)[O-])cc3)nnc2-c2ccccc2)CC1. The number of anilines is 1. The number of benzene rings is 2. The lowest BCUT2D eigenvalue weighted by Crippen LogP contribution is -2.45. The molecule has 3 aromatic rings. The van der Waals surface area contributed by atoms with Gasteiger partial charge < -0.3 is 9.80 Å². The highest BCUT2D eigenvalue weighted by Crippen LogP contribution is 2.29. The van der Waals surface area contributed by atoms with Crippen molar-refractivity contribution in [3.8, 4) is 22.6 Å². The van der Waals surface area contributed by atoms with Crippen LogP contribution in [0.15, 0.2) is 54.6 Å². The minimum atomic E-state index is -0.420. The summed E-state index contributed by atoms with van der Waals surface area (Å²) in [4.78, 5) is 19.8. The molecule has 2 aromatic carbocycles. The molecule has 0 bridgehead atoms. The minimum absolute atomic E-state index is 0.0388. The first kappa shape index (κ1) is 18.0. The normalized spacial score (nSPS) is 14.8. The Morgan fingerprint density at radius 2 is 1.57 bits per heavy atom. The molecule has 0 saturated carbocycles. The molecule has 0 unspecified atom stereocenters. The van der Waals surface area contributed by atoms with Gasteiger partial charge in [-0.15, -0.1) is 10.2 Å². The van der Waals surface area contributed by atoms with E-state index >= 15 is 0 Å². The van der Waals surface area contributed by atoms with Gasteiger partial charge >= 0.3 is 0 Å². The molecule has 1 fully saturated rings. The number of nitro groups is 1. The maximum absolute atomic E-state index is 10.9. The summed E-state index contributed by atoms with van der Waals surface area (Å²) in [6.07, 6.45) is 0. The minimum Gasteiger partial charge on any atom is -0.352 e. The summed E-state index contributed by atoms with van der Waals surface area (Å²) in [7, 11) is 2.11. The summed E-state index contributed by atoms with van der Waals surface area (Å²) in [6.45, 7) is 3.61. The fraction of sp³-hybridized carbons (Fsp3) is 0.250. The number of piperazine rings is 1. The maximum Gasteiger partial charge on any atom is 0.269 e. The number of likely N-dealkylation sites (N-methyl/N-ethyl adjacent to an activating group) is 1. The number of rotatable bonds is 4. The summed E-state index contributed by atoms with van der Waals surface area (Å²) >= 11 is 0. The van der Waals surface area contributed by atoms with Crippen LogP contribution >= 0.6 is 0 Å². The average molecular weight is 376 g/mol. The highest BCUT2D eigenvalue weighted by molar-refractivity contribution is 5.73. The monoisotopic (exact) mass is 376 g/mol. The molecule has 28 heavy (non-hydrogen) atoms. The molecule has 1 aliphatic rings. The van der Waals surface area contributed by atoms with Crippen LogP contribution in [0.2, 0.25) is 0 Å². The smallest absolute Gasteiger partial charge is 0.269 e. The first-order chi connectivity index (χ1) is 13.6. The van der Waals surface area contributed by atoms with Gasteiger partial charge in [0.1, 0.15) is 5.69 Å². The molecule has 0 spiro atoms. The van der Waals surface area contributed by atoms with Gasteiger partial charge in [-0.2, -0.15) is 0 Å². The van der Waals surface area contributed by atoms with E-state index in [1.165, 1.54) is 12.1 Å². The van der Waals surface area contributed by atoms with Crippen molar-refractivity contribution in [2.45, 2.75) is 0 Å². The number of aromatic nitrogens is 3. The molecule has 8 heteroatoms. The Morgan fingerprint density at radius 1 is 0.893 bits per heavy atom. The summed E-state index contributed by atoms with van der Waals surface area (Å²) in [5.41, 5.74) is 2.45. The van der Waals surface area contributed by atoms with Gasteiger partial charge in [-0.3, -0.25) is 10.1 Å². The highest BCUT2D eigenvalue weighted by atomic mass is 16.6. The molecule has 8 nitrogen and oxygen atoms in total. The third-order valence-electron chi connectivity index (χ3n) is 4.85. The molecule has 0 aliphatic carbocycles. The van der Waals surface area contributed by atoms with Crippen molar-refractivity contribution in [2.75, 3.05) is 38.1 Å². The Labute approximate surface area is 162 Å². The molecule has 2 heterocycles. The van der Waals surface area contributed by atoms with Crippen molar-refractivity contribution in [2.24, 2.45) is 0 Å². The second-order valence-electron chi connectivity index (χ2n) is 6.77. The van der Waals surface area contributed by atoms with Crippen molar-refractivity contribution < 1.29 is 4.92 Å². The van der Waals surface area contributed by atoms with Gasteiger partial charge in [0.25, 0.3) is 5.69 Å². The van der Waals surface area contributed by atoms with Gasteiger partial charge in [-0.25, -0.2) is 4.98 Å². The second kappa shape index (κ2) is 7.69. The van der Waals surface area contributed by atoms with Crippen LogP contribution in [0.4, 0.5) is 11.5 Å². The molecule has 0 amide bonds. The second-order valence-corrected chi connectivity index (χ2v) is 6.77. The molecular weight excluding hydrogens is 356 g/mol. The lowest BCUT2D eigenvalue weighted by atomic mass is 10.1. The van der Waals surface area contributed by atoms with Crippen LogP contribution < -0.4 is 4.90 Å². The predicted octanol–water partition coefficient (Wildman–Crippen LogP) is 2.87. The van der Waals surface area contributed by atoms with Gasteiger partial charge in [0.15, 0.2) is 11.6 Å². The number of hydrogen-bond acceptors (Lipinski definition) is 7. The highest BCUT2D eigenvalue weighted by Gasteiger charge is 2.22. The van der Waals surface area contributed by atoms with Crippen LogP contribution in [0.1, 0.15) is 0 Å². The Kier molecular flexibility index (Phi) is 4.94. The molecule has 0 atom stereocenters. The van der Waals surface area contributed by atoms with Crippen LogP contribution in [0.3, 0.4) is 0 Å². The lowest BCUT2D eigenvalue weighted by molar-refractivity contribution is -0.384. The van der Waals surface area contributed by atoms with Crippen molar-refractivity contribution in [1.82, 2.24) is 20.1 Å². The zero-order valence-corrected chi connectivity index (χ0v) is 15.5. The summed E-state index contributed by atoms with van der Waals surface area (Å²) < 4.78 is 0. The zero-order chi connectivity index (χ0) is 19.5. The quantitative estimate of drug-likeness (QED) is 0.511. The van der Waals surface area contributed by atoms with Crippen LogP contribution in [-0.2, 0) is 0 Å². The van der Waals surface area contributed by atoms with Crippen LogP contribution in [0.25, 0.3) is 22.6 Å². The van der Waals surface area contributed by atoms with Gasteiger partial charge in [0, 0.05) is 49.4 Å². The molecule has 0 radical (unpaired) electrons. The molecular formula is C20H20N6O2. The van der Waals surface area contributed by atoms with E-state index in [-0.39, 0.29) is 5.69 Å². The fourth-order valence-corrected chi connectivity index (χ4v) is 3.19. The average Bonchev–Trinajstić information content (AvgIpc) is 2.74. The van der Waals surface area contributed by atoms with E-state index in [1.807, 2.05) is 30.3 Å². The molecule has 1 aromatic heterocycles. The van der Waals surface area contributed by atoms with Crippen LogP contribution in [-0.4, -0.2) is 58.2 Å². The van der Waals surface area contributed by atoms with Crippen molar-refractivity contribution >= 4 is 11.5 Å². The third kappa shape index (κ3) is 3.67. The largest absolute Gasteiger partial charge is 0.352 e. The molecule has 4 rings (SSSR count). The number of nitro benzene ring substituents is 1. The van der Waals surface area contributed by atoms with Gasteiger partial charge in [0.05, 0.1) is 4.92 Å². The van der Waals surface area contributed by atoms with E-state index in [2.05, 4.69) is 27.0 Å². The standard InChI is InChI=1S/C20H20N6O2/c1-24-11-13-25(14-12-24)20-18(15-5-3-2-4-6-15)22-23-19(21-20)16-7-9-17(10-8-16)26(27)28/h2-10H,11-14H2,1H3. The number of nitrogens with zero attached hydrogens (tertiary/aromatic N) is 6. The lowest BCUT2D eigenvalue weighted by Gasteiger charge is -2.33. The van der Waals surface area contributed by atoms with Crippen molar-refractivity contribution in [3.05, 3.63) is 64.7 Å². The van der Waals surface area contributed by atoms with Crippen LogP contribution in [0, 0.1) is 10.1 Å². The van der Waals surface area contributed by atoms with Crippen molar-refractivity contribution in [1.29, 1.82) is 0 Å². The fourth-order valence-electron chi connectivity index (χ4n) is 3.19. The summed E-state index contributed by atoms with van der Waals surface area (Å²) in [6, 6.07) is 16.1. The molecule has 1 aliphatic heterocycles. The van der Waals surface area contributed by atoms with Gasteiger partial charge in [0.2, 0.25) is 0 Å². The predicted molar refractivity (Wildman–Crippen MR) is 107 cm³/mol. The van der Waals surface area contributed by atoms with Crippen molar-refractivity contribution in [3.63, 3.8) is 0 Å². The Hall–Kier alpha value is -3.39. The van der Waals surface area contributed by atoms with E-state index < -0.39 is 4.92 Å². The number of non-ortho nitro benzene ring substituents is 1. The van der Waals surface area contributed by atoms with E-state index in [9.17, 15) is 10.1 Å². The van der Waals surface area contributed by atoms with E-state index in [0.29, 0.717) is 11.4 Å². The Bertz CT molecular complexity index is 970. The summed E-state index contributed by atoms with van der Waals surface area (Å²) in [5.74, 6) is 1.26. The Morgan fingerprint density at radius 3 is 2.21 bits per heavy atom. The van der Waals surface area contributed by atoms with E-state index in [4.69, 9.17) is 4.98 Å². The zero-order valence-electron chi connectivity index (χ0n) is 15.5. The van der Waals surface area contributed by atoms with Crippen LogP contribution in [0.5, 0.6) is 0 Å². The topological polar surface area (TPSA) is 88.3 Å². The van der Waals surface area contributed by atoms with Gasteiger partial charge in [-0.05, 0) is 19.2 Å². The first-order valence-electron chi connectivity index (χ1n) is 9.10. The maximum atomic E-state index is 10.9. The molecule has 0 N–H and O–H groups in total. The van der Waals surface area contributed by atoms with E-state index in [1.54, 1.807) is 12.1 Å². The number of hydrogen-bond donors (Lipinski definition) is 0. The molecule has 142 valence electrons. The molecule has 1 saturated heterocycles. The Balaban J connectivity index is 1.75. The summed E-state index contributed by atoms with van der Waals surface area (Å²) in [5, 5.41) is 19.7. The first-order valence-corrected chi connectivity index (χ1v) is 9.10. The van der Waals surface area contributed by atoms with E-state index in [0.717, 1.165) is 43.3 Å².